The Morgan fingerprint density at radius 3 is 2.84 bits per heavy atom. The van der Waals surface area contributed by atoms with Crippen molar-refractivity contribution in [2.24, 2.45) is 5.92 Å². The van der Waals surface area contributed by atoms with E-state index in [9.17, 15) is 4.79 Å². The van der Waals surface area contributed by atoms with Crippen LogP contribution in [-0.2, 0) is 29.2 Å². The molecule has 0 saturated carbocycles. The summed E-state index contributed by atoms with van der Waals surface area (Å²) in [5.41, 5.74) is 4.95. The van der Waals surface area contributed by atoms with Crippen LogP contribution in [0, 0.1) is 5.92 Å². The molecule has 0 bridgehead atoms. The van der Waals surface area contributed by atoms with Crippen LogP contribution < -0.4 is 10.6 Å². The van der Waals surface area contributed by atoms with E-state index in [1.807, 2.05) is 30.3 Å². The average molecular weight is 336 g/mol. The summed E-state index contributed by atoms with van der Waals surface area (Å²) in [7, 11) is 0. The Morgan fingerprint density at radius 1 is 1.12 bits per heavy atom. The van der Waals surface area contributed by atoms with Gasteiger partial charge in [0.05, 0.1) is 12.0 Å². The molecule has 4 rings (SSSR count). The number of fused-ring (bicyclic) bond motifs is 1. The van der Waals surface area contributed by atoms with Crippen molar-refractivity contribution in [1.82, 2.24) is 10.6 Å². The number of amides is 1. The fourth-order valence-corrected chi connectivity index (χ4v) is 3.80. The lowest BCUT2D eigenvalue weighted by atomic mass is 9.88. The molecule has 2 unspecified atom stereocenters. The number of rotatable bonds is 4. The Morgan fingerprint density at radius 2 is 1.96 bits per heavy atom. The van der Waals surface area contributed by atoms with Gasteiger partial charge in [-0.2, -0.15) is 0 Å². The van der Waals surface area contributed by atoms with E-state index >= 15 is 0 Å². The van der Waals surface area contributed by atoms with E-state index in [0.717, 1.165) is 43.7 Å². The second kappa shape index (κ2) is 7.38. The number of benzene rings is 2. The first-order valence-corrected chi connectivity index (χ1v) is 9.07. The third kappa shape index (κ3) is 3.60. The fraction of sp³-hybridized carbons (Fsp3) is 0.381. The molecule has 1 saturated heterocycles. The van der Waals surface area contributed by atoms with Gasteiger partial charge in [0.2, 0.25) is 5.91 Å². The van der Waals surface area contributed by atoms with Crippen LogP contribution in [0.25, 0.3) is 0 Å². The van der Waals surface area contributed by atoms with Gasteiger partial charge in [-0.15, -0.1) is 0 Å². The zero-order valence-corrected chi connectivity index (χ0v) is 14.3. The molecule has 0 aromatic heterocycles. The number of carbonyl (C=O) groups excluding carboxylic acids is 1. The highest BCUT2D eigenvalue weighted by atomic mass is 16.5. The van der Waals surface area contributed by atoms with Crippen LogP contribution in [-0.4, -0.2) is 12.5 Å². The van der Waals surface area contributed by atoms with Crippen molar-refractivity contribution in [2.45, 2.75) is 38.6 Å². The molecule has 1 fully saturated rings. The minimum absolute atomic E-state index is 0.0900. The Balaban J connectivity index is 1.42. The van der Waals surface area contributed by atoms with E-state index in [1.54, 1.807) is 0 Å². The van der Waals surface area contributed by atoms with Crippen molar-refractivity contribution >= 4 is 5.91 Å². The summed E-state index contributed by atoms with van der Waals surface area (Å²) in [6.45, 7) is 3.16. The van der Waals surface area contributed by atoms with Crippen LogP contribution in [0.5, 0.6) is 0 Å². The fourth-order valence-electron chi connectivity index (χ4n) is 3.80. The zero-order valence-electron chi connectivity index (χ0n) is 14.3. The molecule has 4 heteroatoms. The monoisotopic (exact) mass is 336 g/mol. The van der Waals surface area contributed by atoms with E-state index in [2.05, 4.69) is 28.8 Å². The first-order chi connectivity index (χ1) is 12.3. The Bertz CT molecular complexity index is 745. The minimum Gasteiger partial charge on any atom is -0.373 e. The molecule has 0 spiro atoms. The summed E-state index contributed by atoms with van der Waals surface area (Å²) in [6.07, 6.45) is 1.67. The van der Waals surface area contributed by atoms with E-state index in [0.29, 0.717) is 6.54 Å². The predicted octanol–water partition coefficient (Wildman–Crippen LogP) is 3.07. The molecule has 2 aliphatic heterocycles. The van der Waals surface area contributed by atoms with Gasteiger partial charge in [-0.05, 0) is 35.1 Å². The molecule has 2 atom stereocenters. The predicted molar refractivity (Wildman–Crippen MR) is 96.7 cm³/mol. The molecule has 2 aromatic carbocycles. The SMILES string of the molecule is O=C(NCc1ccc2c(c1)CNC2)C1CCCOC1c1ccccc1. The second-order valence-corrected chi connectivity index (χ2v) is 6.88. The molecule has 4 nitrogen and oxygen atoms in total. The number of nitrogens with one attached hydrogen (secondary N) is 2. The van der Waals surface area contributed by atoms with Crippen molar-refractivity contribution in [3.8, 4) is 0 Å². The normalized spacial score (nSPS) is 22.4. The van der Waals surface area contributed by atoms with Crippen molar-refractivity contribution in [3.05, 3.63) is 70.8 Å². The smallest absolute Gasteiger partial charge is 0.226 e. The summed E-state index contributed by atoms with van der Waals surface area (Å²) >= 11 is 0. The molecule has 0 radical (unpaired) electrons. The second-order valence-electron chi connectivity index (χ2n) is 6.88. The van der Waals surface area contributed by atoms with Crippen molar-refractivity contribution in [3.63, 3.8) is 0 Å². The van der Waals surface area contributed by atoms with Crippen LogP contribution in [0.3, 0.4) is 0 Å². The standard InChI is InChI=1S/C21H24N2O2/c24-21(23-12-15-8-9-17-13-22-14-18(17)11-15)19-7-4-10-25-20(19)16-5-2-1-3-6-16/h1-3,5-6,8-9,11,19-20,22H,4,7,10,12-14H2,(H,23,24). The van der Waals surface area contributed by atoms with Crippen molar-refractivity contribution < 1.29 is 9.53 Å². The summed E-state index contributed by atoms with van der Waals surface area (Å²) in [4.78, 5) is 12.8. The van der Waals surface area contributed by atoms with E-state index < -0.39 is 0 Å². The first kappa shape index (κ1) is 16.3. The highest BCUT2D eigenvalue weighted by Gasteiger charge is 2.32. The van der Waals surface area contributed by atoms with Gasteiger partial charge in [0.25, 0.3) is 0 Å². The van der Waals surface area contributed by atoms with Crippen LogP contribution in [0.1, 0.15) is 41.2 Å². The number of carbonyl (C=O) groups is 1. The van der Waals surface area contributed by atoms with Gasteiger partial charge in [0, 0.05) is 26.2 Å². The van der Waals surface area contributed by atoms with Gasteiger partial charge in [0.1, 0.15) is 0 Å². The highest BCUT2D eigenvalue weighted by Crippen LogP contribution is 2.33. The molecule has 2 aromatic rings. The average Bonchev–Trinajstić information content (AvgIpc) is 3.14. The summed E-state index contributed by atoms with van der Waals surface area (Å²) in [5, 5.41) is 6.47. The zero-order chi connectivity index (χ0) is 17.1. The lowest BCUT2D eigenvalue weighted by molar-refractivity contribution is -0.134. The Hall–Kier alpha value is -2.17. The quantitative estimate of drug-likeness (QED) is 0.902. The van der Waals surface area contributed by atoms with Gasteiger partial charge in [-0.25, -0.2) is 0 Å². The number of hydrogen-bond acceptors (Lipinski definition) is 3. The maximum absolute atomic E-state index is 12.8. The topological polar surface area (TPSA) is 50.4 Å². The maximum Gasteiger partial charge on any atom is 0.226 e. The van der Waals surface area contributed by atoms with Gasteiger partial charge in [-0.3, -0.25) is 4.79 Å². The summed E-state index contributed by atoms with van der Waals surface area (Å²) < 4.78 is 5.94. The first-order valence-electron chi connectivity index (χ1n) is 9.07. The lowest BCUT2D eigenvalue weighted by Crippen LogP contribution is -2.37. The van der Waals surface area contributed by atoms with Crippen LogP contribution >= 0.6 is 0 Å². The molecule has 1 amide bonds. The lowest BCUT2D eigenvalue weighted by Gasteiger charge is -2.31. The molecule has 2 heterocycles. The number of hydrogen-bond donors (Lipinski definition) is 2. The largest absolute Gasteiger partial charge is 0.373 e. The third-order valence-corrected chi connectivity index (χ3v) is 5.16. The Kier molecular flexibility index (Phi) is 4.81. The molecule has 25 heavy (non-hydrogen) atoms. The maximum atomic E-state index is 12.8. The summed E-state index contributed by atoms with van der Waals surface area (Å²) in [5.74, 6) is -0.0283. The third-order valence-electron chi connectivity index (χ3n) is 5.16. The molecule has 130 valence electrons. The van der Waals surface area contributed by atoms with Crippen LogP contribution in [0.15, 0.2) is 48.5 Å². The van der Waals surface area contributed by atoms with E-state index in [1.165, 1.54) is 11.1 Å². The van der Waals surface area contributed by atoms with Crippen molar-refractivity contribution in [2.75, 3.05) is 6.61 Å². The van der Waals surface area contributed by atoms with E-state index in [4.69, 9.17) is 4.74 Å². The summed E-state index contributed by atoms with van der Waals surface area (Å²) in [6, 6.07) is 16.5. The minimum atomic E-state index is -0.140. The van der Waals surface area contributed by atoms with Gasteiger partial charge >= 0.3 is 0 Å². The number of ether oxygens (including phenoxy) is 1. The Labute approximate surface area is 148 Å². The van der Waals surface area contributed by atoms with Crippen molar-refractivity contribution in [1.29, 1.82) is 0 Å². The van der Waals surface area contributed by atoms with Gasteiger partial charge < -0.3 is 15.4 Å². The molecular formula is C21H24N2O2. The highest BCUT2D eigenvalue weighted by molar-refractivity contribution is 5.79. The molecule has 0 aliphatic carbocycles. The van der Waals surface area contributed by atoms with Crippen LogP contribution in [0.4, 0.5) is 0 Å². The molecule has 2 N–H and O–H groups in total. The molecule has 2 aliphatic rings. The van der Waals surface area contributed by atoms with Gasteiger partial charge in [-0.1, -0.05) is 48.5 Å². The van der Waals surface area contributed by atoms with Gasteiger partial charge in [0.15, 0.2) is 0 Å². The van der Waals surface area contributed by atoms with Crippen LogP contribution in [0.2, 0.25) is 0 Å². The molecular weight excluding hydrogens is 312 g/mol. The van der Waals surface area contributed by atoms with E-state index in [-0.39, 0.29) is 17.9 Å².